The third-order valence-electron chi connectivity index (χ3n) is 7.97. The number of unbranched alkanes of at least 4 members (excludes halogenated alkanes) is 1. The molecule has 2 aliphatic heterocycles. The van der Waals surface area contributed by atoms with Crippen LogP contribution in [0.25, 0.3) is 0 Å². The maximum absolute atomic E-state index is 13.2. The maximum Gasteiger partial charge on any atom is 0.270 e. The number of amides is 1. The van der Waals surface area contributed by atoms with Crippen molar-refractivity contribution in [2.75, 3.05) is 33.2 Å². The van der Waals surface area contributed by atoms with Gasteiger partial charge in [-0.25, -0.2) is 4.39 Å². The highest BCUT2D eigenvalue weighted by atomic mass is 19.1. The van der Waals surface area contributed by atoms with Crippen molar-refractivity contribution >= 4 is 17.4 Å². The lowest BCUT2D eigenvalue weighted by atomic mass is 9.89. The highest BCUT2D eigenvalue weighted by molar-refractivity contribution is 6.11. The number of Topliss-reactive ketones (excluding diaryl/α,β-unsaturated/α-hetero) is 1. The van der Waals surface area contributed by atoms with Gasteiger partial charge in [-0.3, -0.25) is 9.59 Å². The summed E-state index contributed by atoms with van der Waals surface area (Å²) in [5.74, 6) is -0.176. The fraction of sp³-hybridized carbons (Fsp3) is 0.406. The molecule has 0 bridgehead atoms. The number of rotatable bonds is 10. The zero-order chi connectivity index (χ0) is 27.9. The average molecular weight is 545 g/mol. The molecular formula is C32H37FN4O3. The van der Waals surface area contributed by atoms with Crippen LogP contribution in [0.4, 0.5) is 4.39 Å². The van der Waals surface area contributed by atoms with Crippen molar-refractivity contribution in [3.8, 4) is 0 Å². The molecule has 3 heterocycles. The number of fused-ring (bicyclic) bond motifs is 1. The molecule has 1 saturated heterocycles. The number of nitrogens with zero attached hydrogens (tertiary/aromatic N) is 4. The van der Waals surface area contributed by atoms with Crippen molar-refractivity contribution in [2.24, 2.45) is 11.1 Å². The Morgan fingerprint density at radius 1 is 0.975 bits per heavy atom. The van der Waals surface area contributed by atoms with Gasteiger partial charge in [-0.2, -0.15) is 0 Å². The molecule has 3 aromatic rings. The van der Waals surface area contributed by atoms with E-state index < -0.39 is 0 Å². The number of ketones is 1. The molecule has 1 amide bonds. The van der Waals surface area contributed by atoms with Gasteiger partial charge in [0.05, 0.1) is 5.71 Å². The Morgan fingerprint density at radius 3 is 2.45 bits per heavy atom. The number of carbonyl (C=O) groups excluding carboxylic acids is 2. The molecule has 1 fully saturated rings. The number of aryl methyl sites for hydroxylation is 1. The first-order valence-corrected chi connectivity index (χ1v) is 14.2. The van der Waals surface area contributed by atoms with Gasteiger partial charge >= 0.3 is 0 Å². The molecule has 2 aliphatic rings. The molecule has 0 atom stereocenters. The van der Waals surface area contributed by atoms with Gasteiger partial charge in [0.25, 0.3) is 5.91 Å². The minimum absolute atomic E-state index is 0.00702. The lowest BCUT2D eigenvalue weighted by Crippen LogP contribution is -2.37. The van der Waals surface area contributed by atoms with Crippen molar-refractivity contribution in [3.05, 3.63) is 95.1 Å². The molecule has 5 rings (SSSR count). The third-order valence-corrected chi connectivity index (χ3v) is 7.97. The number of hydrogen-bond acceptors (Lipinski definition) is 5. The second kappa shape index (κ2) is 13.0. The van der Waals surface area contributed by atoms with E-state index in [1.165, 1.54) is 12.1 Å². The highest BCUT2D eigenvalue weighted by Crippen LogP contribution is 2.24. The van der Waals surface area contributed by atoms with Crippen molar-refractivity contribution in [3.63, 3.8) is 0 Å². The minimum Gasteiger partial charge on any atom is -0.391 e. The van der Waals surface area contributed by atoms with E-state index in [1.54, 1.807) is 17.0 Å². The Morgan fingerprint density at radius 2 is 1.70 bits per heavy atom. The Kier molecular flexibility index (Phi) is 9.06. The molecule has 0 aliphatic carbocycles. The monoisotopic (exact) mass is 544 g/mol. The fourth-order valence-corrected chi connectivity index (χ4v) is 5.56. The van der Waals surface area contributed by atoms with Crippen molar-refractivity contribution < 1.29 is 18.8 Å². The zero-order valence-electron chi connectivity index (χ0n) is 23.1. The highest BCUT2D eigenvalue weighted by Gasteiger charge is 2.28. The minimum atomic E-state index is -0.319. The van der Waals surface area contributed by atoms with Crippen LogP contribution in [0, 0.1) is 11.7 Å². The normalized spacial score (nSPS) is 17.6. The first kappa shape index (κ1) is 27.8. The van der Waals surface area contributed by atoms with Gasteiger partial charge < -0.3 is 19.2 Å². The predicted molar refractivity (Wildman–Crippen MR) is 153 cm³/mol. The van der Waals surface area contributed by atoms with E-state index in [0.29, 0.717) is 30.8 Å². The molecule has 210 valence electrons. The van der Waals surface area contributed by atoms with Crippen LogP contribution in [-0.2, 0) is 18.0 Å². The van der Waals surface area contributed by atoms with Gasteiger partial charge in [0.2, 0.25) is 0 Å². The van der Waals surface area contributed by atoms with E-state index in [4.69, 9.17) is 4.84 Å². The van der Waals surface area contributed by atoms with Gasteiger partial charge in [0.15, 0.2) is 5.78 Å². The van der Waals surface area contributed by atoms with Crippen molar-refractivity contribution in [1.29, 1.82) is 0 Å². The number of halogens is 1. The summed E-state index contributed by atoms with van der Waals surface area (Å²) in [6.07, 6.45) is 6.25. The first-order chi connectivity index (χ1) is 19.5. The summed E-state index contributed by atoms with van der Waals surface area (Å²) in [7, 11) is 1.83. The zero-order valence-corrected chi connectivity index (χ0v) is 23.1. The lowest BCUT2D eigenvalue weighted by Gasteiger charge is -2.31. The number of likely N-dealkylation sites (tertiary alicyclic amines) is 1. The Bertz CT molecular complexity index is 1330. The molecule has 0 spiro atoms. The van der Waals surface area contributed by atoms with Crippen LogP contribution in [0.3, 0.4) is 0 Å². The SMILES string of the molecule is CN1CC/C(=N\OCc2ccccc2)c2ccn(CCCCN3CCC(C(=O)c4ccc(F)cc4)CC3)c2C1=O. The molecular weight excluding hydrogens is 507 g/mol. The van der Waals surface area contributed by atoms with Crippen LogP contribution in [0.1, 0.15) is 64.1 Å². The van der Waals surface area contributed by atoms with Crippen molar-refractivity contribution in [2.45, 2.75) is 45.3 Å². The molecule has 7 nitrogen and oxygen atoms in total. The van der Waals surface area contributed by atoms with Crippen molar-refractivity contribution in [1.82, 2.24) is 14.4 Å². The van der Waals surface area contributed by atoms with Crippen LogP contribution < -0.4 is 0 Å². The van der Waals surface area contributed by atoms with Gasteiger partial charge in [0, 0.05) is 49.8 Å². The fourth-order valence-electron chi connectivity index (χ4n) is 5.56. The first-order valence-electron chi connectivity index (χ1n) is 14.2. The van der Waals surface area contributed by atoms with Gasteiger partial charge in [-0.1, -0.05) is 35.5 Å². The Balaban J connectivity index is 1.12. The summed E-state index contributed by atoms with van der Waals surface area (Å²) in [5, 5.41) is 4.44. The van der Waals surface area contributed by atoms with E-state index in [1.807, 2.05) is 49.6 Å². The van der Waals surface area contributed by atoms with Crippen LogP contribution in [0.2, 0.25) is 0 Å². The Hall–Kier alpha value is -3.78. The van der Waals surface area contributed by atoms with E-state index in [0.717, 1.165) is 68.7 Å². The topological polar surface area (TPSA) is 67.1 Å². The summed E-state index contributed by atoms with van der Waals surface area (Å²) >= 11 is 0. The van der Waals surface area contributed by atoms with Gasteiger partial charge in [-0.05, 0) is 81.2 Å². The second-order valence-electron chi connectivity index (χ2n) is 10.7. The lowest BCUT2D eigenvalue weighted by molar-refractivity contribution is 0.0788. The largest absolute Gasteiger partial charge is 0.391 e. The molecule has 0 saturated carbocycles. The average Bonchev–Trinajstić information content (AvgIpc) is 3.36. The third kappa shape index (κ3) is 6.67. The number of piperidine rings is 1. The maximum atomic E-state index is 13.2. The van der Waals surface area contributed by atoms with E-state index >= 15 is 0 Å². The molecule has 0 N–H and O–H groups in total. The number of benzene rings is 2. The second-order valence-corrected chi connectivity index (χ2v) is 10.7. The predicted octanol–water partition coefficient (Wildman–Crippen LogP) is 5.40. The molecule has 40 heavy (non-hydrogen) atoms. The number of carbonyl (C=O) groups is 2. The standard InChI is InChI=1S/C32H37FN4O3/c1-35-19-16-29(34-40-23-24-7-3-2-4-8-24)28-15-22-37(30(28)32(35)39)18-6-5-17-36-20-13-26(14-21-36)31(38)25-9-11-27(33)12-10-25/h2-4,7-12,15,22,26H,5-6,13-14,16-21,23H2,1H3/b34-29+. The summed E-state index contributed by atoms with van der Waals surface area (Å²) in [5.41, 5.74) is 4.00. The summed E-state index contributed by atoms with van der Waals surface area (Å²) in [6, 6.07) is 17.8. The summed E-state index contributed by atoms with van der Waals surface area (Å²) in [6.45, 7) is 4.50. The number of hydrogen-bond donors (Lipinski definition) is 0. The molecule has 0 unspecified atom stereocenters. The number of oxime groups is 1. The summed E-state index contributed by atoms with van der Waals surface area (Å²) in [4.78, 5) is 35.8. The molecule has 8 heteroatoms. The van der Waals surface area contributed by atoms with E-state index in [-0.39, 0.29) is 23.4 Å². The van der Waals surface area contributed by atoms with E-state index in [9.17, 15) is 14.0 Å². The van der Waals surface area contributed by atoms with E-state index in [2.05, 4.69) is 14.6 Å². The smallest absolute Gasteiger partial charge is 0.270 e. The van der Waals surface area contributed by atoms with Crippen LogP contribution in [0.5, 0.6) is 0 Å². The Labute approximate surface area is 235 Å². The molecule has 2 aromatic carbocycles. The van der Waals surface area contributed by atoms with Crippen LogP contribution in [0.15, 0.2) is 72.0 Å². The quantitative estimate of drug-likeness (QED) is 0.195. The van der Waals surface area contributed by atoms with Crippen LogP contribution >= 0.6 is 0 Å². The van der Waals surface area contributed by atoms with Gasteiger partial charge in [-0.15, -0.1) is 0 Å². The summed E-state index contributed by atoms with van der Waals surface area (Å²) < 4.78 is 15.2. The molecule has 0 radical (unpaired) electrons. The molecule has 1 aromatic heterocycles. The van der Waals surface area contributed by atoms with Crippen LogP contribution in [-0.4, -0.2) is 65.0 Å². The number of aromatic nitrogens is 1. The van der Waals surface area contributed by atoms with Gasteiger partial charge in [0.1, 0.15) is 18.1 Å².